The molecule has 0 N–H and O–H groups in total. The summed E-state index contributed by atoms with van der Waals surface area (Å²) in [6, 6.07) is 0. The van der Waals surface area contributed by atoms with E-state index in [1.165, 1.54) is 0 Å². The summed E-state index contributed by atoms with van der Waals surface area (Å²) in [4.78, 5) is 20.9. The number of ketones is 1. The van der Waals surface area contributed by atoms with Crippen LogP contribution in [0.1, 0.15) is 36.3 Å². The number of hydrogen-bond acceptors (Lipinski definition) is 4. The van der Waals surface area contributed by atoms with Crippen LogP contribution in [0.4, 0.5) is 0 Å². The fraction of sp³-hybridized carbons (Fsp3) is 0.429. The second-order valence-corrected chi connectivity index (χ2v) is 5.90. The third kappa shape index (κ3) is 2.16. The molecule has 0 unspecified atom stereocenters. The predicted octanol–water partition coefficient (Wildman–Crippen LogP) is 2.03. The van der Waals surface area contributed by atoms with Crippen LogP contribution in [0.25, 0.3) is 11.4 Å². The maximum absolute atomic E-state index is 12.1. The molecule has 0 bridgehead atoms. The lowest BCUT2D eigenvalue weighted by molar-refractivity contribution is 0.0910. The first kappa shape index (κ1) is 12.0. The van der Waals surface area contributed by atoms with Crippen LogP contribution in [-0.4, -0.2) is 25.5 Å². The number of aryl methyl sites for hydroxylation is 1. The van der Waals surface area contributed by atoms with Crippen molar-refractivity contribution in [2.24, 2.45) is 12.5 Å². The average molecular weight is 256 g/mol. The molecule has 0 saturated carbocycles. The standard InChI is InChI=1S/C14H16N4O/c1-14(2)4-11-10(12(19)5-14)7-15-13(17-11)9-6-16-18(3)8-9/h6-8H,4-5H2,1-3H3. The van der Waals surface area contributed by atoms with Crippen LogP contribution < -0.4 is 0 Å². The highest BCUT2D eigenvalue weighted by atomic mass is 16.1. The van der Waals surface area contributed by atoms with E-state index in [9.17, 15) is 4.79 Å². The summed E-state index contributed by atoms with van der Waals surface area (Å²) >= 11 is 0. The average Bonchev–Trinajstić information content (AvgIpc) is 2.73. The van der Waals surface area contributed by atoms with E-state index in [1.807, 2.05) is 13.2 Å². The summed E-state index contributed by atoms with van der Waals surface area (Å²) in [6.07, 6.45) is 6.64. The minimum Gasteiger partial charge on any atom is -0.294 e. The maximum Gasteiger partial charge on any atom is 0.166 e. The van der Waals surface area contributed by atoms with Crippen molar-refractivity contribution in [3.63, 3.8) is 0 Å². The van der Waals surface area contributed by atoms with Crippen molar-refractivity contribution in [1.82, 2.24) is 19.7 Å². The molecule has 1 aliphatic rings. The first-order valence-corrected chi connectivity index (χ1v) is 6.33. The molecular formula is C14H16N4O. The third-order valence-corrected chi connectivity index (χ3v) is 3.42. The molecule has 98 valence electrons. The zero-order valence-electron chi connectivity index (χ0n) is 11.3. The van der Waals surface area contributed by atoms with Crippen molar-refractivity contribution >= 4 is 5.78 Å². The van der Waals surface area contributed by atoms with Gasteiger partial charge in [-0.15, -0.1) is 0 Å². The van der Waals surface area contributed by atoms with Gasteiger partial charge in [0.05, 0.1) is 23.0 Å². The van der Waals surface area contributed by atoms with E-state index in [-0.39, 0.29) is 11.2 Å². The van der Waals surface area contributed by atoms with Crippen molar-refractivity contribution in [2.45, 2.75) is 26.7 Å². The Morgan fingerprint density at radius 3 is 2.74 bits per heavy atom. The second-order valence-electron chi connectivity index (χ2n) is 5.90. The van der Waals surface area contributed by atoms with Crippen molar-refractivity contribution in [1.29, 1.82) is 0 Å². The van der Waals surface area contributed by atoms with E-state index < -0.39 is 0 Å². The molecule has 5 heteroatoms. The third-order valence-electron chi connectivity index (χ3n) is 3.42. The van der Waals surface area contributed by atoms with Gasteiger partial charge in [0.15, 0.2) is 11.6 Å². The number of nitrogens with zero attached hydrogens (tertiary/aromatic N) is 4. The molecule has 0 spiro atoms. The largest absolute Gasteiger partial charge is 0.294 e. The van der Waals surface area contributed by atoms with Gasteiger partial charge in [-0.3, -0.25) is 9.48 Å². The molecule has 0 fully saturated rings. The lowest BCUT2D eigenvalue weighted by Crippen LogP contribution is -2.28. The van der Waals surface area contributed by atoms with Crippen LogP contribution in [0.3, 0.4) is 0 Å². The number of aromatic nitrogens is 4. The highest BCUT2D eigenvalue weighted by Crippen LogP contribution is 2.34. The molecule has 0 radical (unpaired) electrons. The number of rotatable bonds is 1. The highest BCUT2D eigenvalue weighted by molar-refractivity contribution is 5.98. The van der Waals surface area contributed by atoms with Crippen molar-refractivity contribution < 1.29 is 4.79 Å². The normalized spacial score (nSPS) is 17.3. The van der Waals surface area contributed by atoms with Gasteiger partial charge in [0, 0.05) is 25.9 Å². The van der Waals surface area contributed by atoms with Crippen LogP contribution >= 0.6 is 0 Å². The number of fused-ring (bicyclic) bond motifs is 1. The SMILES string of the molecule is Cn1cc(-c2ncc3c(n2)CC(C)(C)CC3=O)cn1. The van der Waals surface area contributed by atoms with E-state index >= 15 is 0 Å². The Kier molecular flexibility index (Phi) is 2.52. The molecule has 0 aromatic carbocycles. The van der Waals surface area contributed by atoms with Crippen LogP contribution in [0, 0.1) is 5.41 Å². The molecule has 0 atom stereocenters. The Labute approximate surface area is 111 Å². The van der Waals surface area contributed by atoms with Gasteiger partial charge >= 0.3 is 0 Å². The minimum absolute atomic E-state index is 0.0232. The van der Waals surface area contributed by atoms with E-state index in [0.29, 0.717) is 17.8 Å². The predicted molar refractivity (Wildman–Crippen MR) is 70.7 cm³/mol. The molecule has 2 aromatic rings. The summed E-state index contributed by atoms with van der Waals surface area (Å²) in [5.74, 6) is 0.779. The van der Waals surface area contributed by atoms with Gasteiger partial charge < -0.3 is 0 Å². The van der Waals surface area contributed by atoms with Gasteiger partial charge in [-0.25, -0.2) is 9.97 Å². The molecular weight excluding hydrogens is 240 g/mol. The lowest BCUT2D eigenvalue weighted by atomic mass is 9.76. The van der Waals surface area contributed by atoms with Gasteiger partial charge in [0.2, 0.25) is 0 Å². The molecule has 2 aromatic heterocycles. The van der Waals surface area contributed by atoms with Crippen LogP contribution in [0.15, 0.2) is 18.6 Å². The number of carbonyl (C=O) groups is 1. The Bertz CT molecular complexity index is 657. The lowest BCUT2D eigenvalue weighted by Gasteiger charge is -2.29. The van der Waals surface area contributed by atoms with Crippen molar-refractivity contribution in [3.8, 4) is 11.4 Å². The molecule has 3 rings (SSSR count). The second kappa shape index (κ2) is 3.98. The Balaban J connectivity index is 2.06. The molecule has 0 saturated heterocycles. The van der Waals surface area contributed by atoms with Gasteiger partial charge in [-0.2, -0.15) is 5.10 Å². The van der Waals surface area contributed by atoms with Gasteiger partial charge in [0.1, 0.15) is 0 Å². The molecule has 19 heavy (non-hydrogen) atoms. The van der Waals surface area contributed by atoms with Crippen LogP contribution in [0.2, 0.25) is 0 Å². The molecule has 1 aliphatic carbocycles. The fourth-order valence-corrected chi connectivity index (χ4v) is 2.51. The Morgan fingerprint density at radius 1 is 1.26 bits per heavy atom. The number of carbonyl (C=O) groups excluding carboxylic acids is 1. The van der Waals surface area contributed by atoms with Gasteiger partial charge in [-0.05, 0) is 11.8 Å². The monoisotopic (exact) mass is 256 g/mol. The Morgan fingerprint density at radius 2 is 2.05 bits per heavy atom. The molecule has 2 heterocycles. The number of hydrogen-bond donors (Lipinski definition) is 0. The summed E-state index contributed by atoms with van der Waals surface area (Å²) in [5, 5.41) is 4.12. The summed E-state index contributed by atoms with van der Waals surface area (Å²) in [5.41, 5.74) is 2.38. The molecule has 0 amide bonds. The molecule has 5 nitrogen and oxygen atoms in total. The number of Topliss-reactive ketones (excluding diaryl/α,β-unsaturated/α-hetero) is 1. The smallest absolute Gasteiger partial charge is 0.166 e. The van der Waals surface area contributed by atoms with E-state index in [4.69, 9.17) is 0 Å². The Hall–Kier alpha value is -2.04. The quantitative estimate of drug-likeness (QED) is 0.783. The summed E-state index contributed by atoms with van der Waals surface area (Å²) in [7, 11) is 1.86. The van der Waals surface area contributed by atoms with E-state index in [0.717, 1.165) is 17.7 Å². The first-order valence-electron chi connectivity index (χ1n) is 6.33. The van der Waals surface area contributed by atoms with Gasteiger partial charge in [-0.1, -0.05) is 13.8 Å². The maximum atomic E-state index is 12.1. The van der Waals surface area contributed by atoms with Crippen LogP contribution in [-0.2, 0) is 13.5 Å². The minimum atomic E-state index is -0.0232. The zero-order valence-corrected chi connectivity index (χ0v) is 11.3. The fourth-order valence-electron chi connectivity index (χ4n) is 2.51. The summed E-state index contributed by atoms with van der Waals surface area (Å²) < 4.78 is 1.72. The topological polar surface area (TPSA) is 60.7 Å². The van der Waals surface area contributed by atoms with E-state index in [1.54, 1.807) is 17.1 Å². The van der Waals surface area contributed by atoms with Gasteiger partial charge in [0.25, 0.3) is 0 Å². The van der Waals surface area contributed by atoms with Crippen molar-refractivity contribution in [3.05, 3.63) is 29.8 Å². The highest BCUT2D eigenvalue weighted by Gasteiger charge is 2.32. The molecule has 0 aliphatic heterocycles. The first-order chi connectivity index (χ1) is 8.94. The zero-order chi connectivity index (χ0) is 13.6. The van der Waals surface area contributed by atoms with E-state index in [2.05, 4.69) is 28.9 Å². The van der Waals surface area contributed by atoms with Crippen LogP contribution in [0.5, 0.6) is 0 Å². The van der Waals surface area contributed by atoms with Crippen molar-refractivity contribution in [2.75, 3.05) is 0 Å². The summed E-state index contributed by atoms with van der Waals surface area (Å²) in [6.45, 7) is 4.19.